The molecule has 0 radical (unpaired) electrons. The lowest BCUT2D eigenvalue weighted by molar-refractivity contribution is -0.143. The Balaban J connectivity index is 3.38. The van der Waals surface area contributed by atoms with Crippen LogP contribution in [0.2, 0.25) is 0 Å². The number of aliphatic hydroxyl groups excluding tert-OH is 2. The fourth-order valence-electron chi connectivity index (χ4n) is 11.7. The second-order valence-electron chi connectivity index (χ2n) is 25.3. The molecule has 0 bridgehead atoms. The number of hydrogen-bond acceptors (Lipinski definition) is 5. The fraction of sp³-hybridized carbons (Fsp3) is 0.919. The van der Waals surface area contributed by atoms with E-state index in [0.29, 0.717) is 25.9 Å². The third kappa shape index (κ3) is 65.5. The van der Waals surface area contributed by atoms with E-state index >= 15 is 0 Å². The predicted octanol–water partition coefficient (Wildman–Crippen LogP) is 23.7. The molecule has 6 heteroatoms. The van der Waals surface area contributed by atoms with Gasteiger partial charge >= 0.3 is 5.97 Å². The molecule has 0 aromatic heterocycles. The summed E-state index contributed by atoms with van der Waals surface area (Å²) in [6.07, 6.45) is 88.1. The number of amides is 1. The first-order valence-electron chi connectivity index (χ1n) is 36.6. The van der Waals surface area contributed by atoms with Gasteiger partial charge in [0.1, 0.15) is 0 Å². The van der Waals surface area contributed by atoms with Crippen LogP contribution in [0.5, 0.6) is 0 Å². The molecule has 0 aromatic carbocycles. The Morgan fingerprint density at radius 3 is 0.950 bits per heavy atom. The smallest absolute Gasteiger partial charge is 0.305 e. The summed E-state index contributed by atoms with van der Waals surface area (Å²) in [5, 5.41) is 23.4. The zero-order valence-corrected chi connectivity index (χ0v) is 54.3. The predicted molar refractivity (Wildman–Crippen MR) is 352 cm³/mol. The highest BCUT2D eigenvalue weighted by molar-refractivity contribution is 5.76. The molecule has 2 atom stereocenters. The monoisotopic (exact) mass is 1130 g/mol. The summed E-state index contributed by atoms with van der Waals surface area (Å²) in [4.78, 5) is 24.6. The highest BCUT2D eigenvalue weighted by Gasteiger charge is 2.20. The van der Waals surface area contributed by atoms with Crippen LogP contribution in [0.4, 0.5) is 0 Å². The Bertz CT molecular complexity index is 1250. The van der Waals surface area contributed by atoms with E-state index < -0.39 is 12.1 Å². The number of rotatable bonds is 69. The molecule has 0 saturated heterocycles. The van der Waals surface area contributed by atoms with E-state index in [-0.39, 0.29) is 18.5 Å². The first-order valence-corrected chi connectivity index (χ1v) is 36.6. The fourth-order valence-corrected chi connectivity index (χ4v) is 11.7. The van der Waals surface area contributed by atoms with Gasteiger partial charge < -0.3 is 20.3 Å². The molecule has 3 N–H and O–H groups in total. The third-order valence-electron chi connectivity index (χ3n) is 17.3. The summed E-state index contributed by atoms with van der Waals surface area (Å²) in [6.45, 7) is 4.99. The molecule has 0 fully saturated rings. The number of unbranched alkanes of at least 4 members (excludes halogenated alkanes) is 54. The van der Waals surface area contributed by atoms with Crippen LogP contribution < -0.4 is 5.32 Å². The van der Waals surface area contributed by atoms with Crippen LogP contribution in [0.25, 0.3) is 0 Å². The minimum Gasteiger partial charge on any atom is -0.466 e. The second kappa shape index (κ2) is 69.8. The van der Waals surface area contributed by atoms with Crippen LogP contribution in [-0.4, -0.2) is 47.4 Å². The summed E-state index contributed by atoms with van der Waals surface area (Å²) in [7, 11) is 0. The Labute approximate surface area is 501 Å². The molecule has 0 aliphatic heterocycles. The first-order chi connectivity index (χ1) is 39.5. The Hall–Kier alpha value is -1.66. The maximum absolute atomic E-state index is 12.5. The van der Waals surface area contributed by atoms with Gasteiger partial charge in [-0.3, -0.25) is 9.59 Å². The van der Waals surface area contributed by atoms with E-state index in [1.54, 1.807) is 0 Å². The van der Waals surface area contributed by atoms with E-state index in [4.69, 9.17) is 4.74 Å². The molecule has 2 unspecified atom stereocenters. The molecule has 0 rings (SSSR count). The topological polar surface area (TPSA) is 95.9 Å². The molecule has 0 aliphatic rings. The van der Waals surface area contributed by atoms with Gasteiger partial charge in [-0.1, -0.05) is 366 Å². The molecule has 80 heavy (non-hydrogen) atoms. The van der Waals surface area contributed by atoms with Crippen LogP contribution >= 0.6 is 0 Å². The average Bonchev–Trinajstić information content (AvgIpc) is 3.46. The van der Waals surface area contributed by atoms with Crippen molar-refractivity contribution >= 4 is 11.9 Å². The number of carbonyl (C=O) groups excluding carboxylic acids is 2. The highest BCUT2D eigenvalue weighted by atomic mass is 16.5. The van der Waals surface area contributed by atoms with Gasteiger partial charge in [0.2, 0.25) is 5.91 Å². The van der Waals surface area contributed by atoms with Crippen LogP contribution in [0.3, 0.4) is 0 Å². The van der Waals surface area contributed by atoms with Crippen molar-refractivity contribution in [3.63, 3.8) is 0 Å². The van der Waals surface area contributed by atoms with E-state index in [1.807, 2.05) is 0 Å². The van der Waals surface area contributed by atoms with E-state index in [0.717, 1.165) is 44.9 Å². The van der Waals surface area contributed by atoms with Crippen LogP contribution in [0.15, 0.2) is 24.3 Å². The Morgan fingerprint density at radius 1 is 0.350 bits per heavy atom. The molecular weight excluding hydrogens is 983 g/mol. The van der Waals surface area contributed by atoms with Crippen molar-refractivity contribution in [2.75, 3.05) is 13.2 Å². The summed E-state index contributed by atoms with van der Waals surface area (Å²) >= 11 is 0. The summed E-state index contributed by atoms with van der Waals surface area (Å²) in [5.41, 5.74) is 0. The molecule has 0 saturated carbocycles. The van der Waals surface area contributed by atoms with Crippen molar-refractivity contribution in [1.29, 1.82) is 0 Å². The SMILES string of the molecule is CCCCCCCCCCCCCCCCCCCCC(=O)OCCCCCCCCCCC/C=C\C/C=C\CCCCCCCCCCCCCCCC(=O)NC(CO)C(O)CCCCCCCCCCCCCCCCCC. The van der Waals surface area contributed by atoms with Gasteiger partial charge in [-0.05, 0) is 57.8 Å². The average molecular weight is 1130 g/mol. The van der Waals surface area contributed by atoms with Crippen molar-refractivity contribution < 1.29 is 24.5 Å². The zero-order chi connectivity index (χ0) is 57.8. The lowest BCUT2D eigenvalue weighted by Crippen LogP contribution is -2.45. The minimum atomic E-state index is -0.665. The third-order valence-corrected chi connectivity index (χ3v) is 17.3. The molecule has 6 nitrogen and oxygen atoms in total. The minimum absolute atomic E-state index is 0.0173. The second-order valence-corrected chi connectivity index (χ2v) is 25.3. The van der Waals surface area contributed by atoms with Crippen molar-refractivity contribution in [2.45, 2.75) is 424 Å². The molecule has 0 aromatic rings. The first kappa shape index (κ1) is 78.3. The number of esters is 1. The summed E-state index contributed by atoms with van der Waals surface area (Å²) in [5.74, 6) is -0.0154. The van der Waals surface area contributed by atoms with Crippen molar-refractivity contribution in [2.24, 2.45) is 0 Å². The maximum Gasteiger partial charge on any atom is 0.305 e. The van der Waals surface area contributed by atoms with Crippen molar-refractivity contribution in [3.8, 4) is 0 Å². The number of aliphatic hydroxyl groups is 2. The molecule has 1 amide bonds. The normalized spacial score (nSPS) is 12.6. The van der Waals surface area contributed by atoms with Crippen molar-refractivity contribution in [3.05, 3.63) is 24.3 Å². The van der Waals surface area contributed by atoms with E-state index in [1.165, 1.54) is 334 Å². The molecular formula is C74H143NO5. The van der Waals surface area contributed by atoms with Gasteiger partial charge in [0.15, 0.2) is 0 Å². The number of ether oxygens (including phenoxy) is 1. The van der Waals surface area contributed by atoms with Crippen LogP contribution in [0.1, 0.15) is 412 Å². The maximum atomic E-state index is 12.5. The van der Waals surface area contributed by atoms with Crippen LogP contribution in [0, 0.1) is 0 Å². The zero-order valence-electron chi connectivity index (χ0n) is 54.3. The summed E-state index contributed by atoms with van der Waals surface area (Å²) in [6, 6.07) is -0.542. The number of hydrogen-bond donors (Lipinski definition) is 3. The van der Waals surface area contributed by atoms with E-state index in [2.05, 4.69) is 43.5 Å². The van der Waals surface area contributed by atoms with Gasteiger partial charge in [-0.2, -0.15) is 0 Å². The number of nitrogens with one attached hydrogen (secondary N) is 1. The van der Waals surface area contributed by atoms with Crippen molar-refractivity contribution in [1.82, 2.24) is 5.32 Å². The molecule has 474 valence electrons. The lowest BCUT2D eigenvalue weighted by Gasteiger charge is -2.22. The molecule has 0 aliphatic carbocycles. The quantitative estimate of drug-likeness (QED) is 0.0320. The number of allylic oxidation sites excluding steroid dienone is 4. The van der Waals surface area contributed by atoms with Gasteiger partial charge in [-0.25, -0.2) is 0 Å². The van der Waals surface area contributed by atoms with Gasteiger partial charge in [0.05, 0.1) is 25.4 Å². The standard InChI is InChI=1S/C74H143NO5/c1-3-5-7-9-11-13-15-17-19-21-36-40-44-48-52-56-60-64-68-74(79)80-69-65-61-57-53-49-45-41-37-34-32-30-28-26-24-22-23-25-27-29-31-33-35-39-43-47-51-55-59-63-67-73(78)75-71(70-76)72(77)66-62-58-54-50-46-42-38-20-18-16-14-12-10-8-6-4-2/h22,24,28,30,71-72,76-77H,3-21,23,25-27,29,31-70H2,1-2H3,(H,75,78)/b24-22-,30-28-. The van der Waals surface area contributed by atoms with E-state index in [9.17, 15) is 19.8 Å². The Morgan fingerprint density at radius 2 is 0.625 bits per heavy atom. The van der Waals surface area contributed by atoms with Gasteiger partial charge in [-0.15, -0.1) is 0 Å². The van der Waals surface area contributed by atoms with Crippen LogP contribution in [-0.2, 0) is 14.3 Å². The Kier molecular flexibility index (Phi) is 68.4. The lowest BCUT2D eigenvalue weighted by atomic mass is 10.0. The molecule has 0 heterocycles. The largest absolute Gasteiger partial charge is 0.466 e. The highest BCUT2D eigenvalue weighted by Crippen LogP contribution is 2.19. The van der Waals surface area contributed by atoms with Gasteiger partial charge in [0, 0.05) is 12.8 Å². The number of carbonyl (C=O) groups is 2. The van der Waals surface area contributed by atoms with Gasteiger partial charge in [0.25, 0.3) is 0 Å². The summed E-state index contributed by atoms with van der Waals surface area (Å²) < 4.78 is 5.51. The molecule has 0 spiro atoms.